The van der Waals surface area contributed by atoms with Crippen LogP contribution >= 0.6 is 0 Å². The number of nitrogens with zero attached hydrogens (tertiary/aromatic N) is 2. The number of likely N-dealkylation sites (tertiary alicyclic amines) is 1. The first-order valence-electron chi connectivity index (χ1n) is 7.63. The average molecular weight is 287 g/mol. The monoisotopic (exact) mass is 287 g/mol. The lowest BCUT2D eigenvalue weighted by Gasteiger charge is -2.47. The summed E-state index contributed by atoms with van der Waals surface area (Å²) < 4.78 is 0. The first kappa shape index (κ1) is 14.0. The van der Waals surface area contributed by atoms with Crippen LogP contribution in [0.1, 0.15) is 49.5 Å². The van der Waals surface area contributed by atoms with E-state index in [9.17, 15) is 9.59 Å². The molecular weight excluding hydrogens is 266 g/mol. The van der Waals surface area contributed by atoms with Gasteiger partial charge in [0.15, 0.2) is 0 Å². The van der Waals surface area contributed by atoms with Crippen molar-refractivity contribution in [2.75, 3.05) is 6.54 Å². The molecule has 2 saturated heterocycles. The van der Waals surface area contributed by atoms with Crippen molar-refractivity contribution in [1.29, 1.82) is 0 Å². The Morgan fingerprint density at radius 1 is 1.43 bits per heavy atom. The number of pyridine rings is 1. The van der Waals surface area contributed by atoms with Crippen LogP contribution in [0.5, 0.6) is 0 Å². The minimum absolute atomic E-state index is 0.0253. The molecule has 0 radical (unpaired) electrons. The van der Waals surface area contributed by atoms with Crippen LogP contribution in [-0.4, -0.2) is 39.8 Å². The number of nitrogens with one attached hydrogen (secondary N) is 1. The number of hydrogen-bond donors (Lipinski definition) is 1. The van der Waals surface area contributed by atoms with Crippen molar-refractivity contribution in [2.45, 2.75) is 50.6 Å². The van der Waals surface area contributed by atoms with Crippen LogP contribution in [0.2, 0.25) is 0 Å². The largest absolute Gasteiger partial charge is 0.349 e. The molecule has 5 nitrogen and oxygen atoms in total. The van der Waals surface area contributed by atoms with Gasteiger partial charge in [0, 0.05) is 19.2 Å². The zero-order valence-electron chi connectivity index (χ0n) is 12.3. The standard InChI is InChI=1S/C16H21N3O2/c1-16-9-5-11-19(13(16)7-4-8-14(20)18-16)15(21)12-6-2-3-10-17-12/h2-3,6,10,13H,4-5,7-9,11H2,1H3,(H,18,20)/t13-,16-/m0/s1. The van der Waals surface area contributed by atoms with Gasteiger partial charge in [0.05, 0.1) is 11.6 Å². The van der Waals surface area contributed by atoms with Crippen LogP contribution in [0.15, 0.2) is 24.4 Å². The van der Waals surface area contributed by atoms with Gasteiger partial charge in [-0.25, -0.2) is 0 Å². The molecule has 112 valence electrons. The quantitative estimate of drug-likeness (QED) is 0.856. The number of amides is 2. The van der Waals surface area contributed by atoms with E-state index in [4.69, 9.17) is 0 Å². The molecule has 2 amide bonds. The van der Waals surface area contributed by atoms with Crippen LogP contribution in [0.25, 0.3) is 0 Å². The highest BCUT2D eigenvalue weighted by Crippen LogP contribution is 2.33. The van der Waals surface area contributed by atoms with E-state index in [-0.39, 0.29) is 23.4 Å². The van der Waals surface area contributed by atoms with Crippen LogP contribution in [0.4, 0.5) is 0 Å². The third-order valence-electron chi connectivity index (χ3n) is 4.66. The molecular formula is C16H21N3O2. The number of carbonyl (C=O) groups excluding carboxylic acids is 2. The van der Waals surface area contributed by atoms with E-state index >= 15 is 0 Å². The van der Waals surface area contributed by atoms with Crippen molar-refractivity contribution >= 4 is 11.8 Å². The van der Waals surface area contributed by atoms with E-state index in [0.717, 1.165) is 32.2 Å². The molecule has 0 aliphatic carbocycles. The zero-order valence-corrected chi connectivity index (χ0v) is 12.3. The Labute approximate surface area is 124 Å². The molecule has 2 fully saturated rings. The lowest BCUT2D eigenvalue weighted by Crippen LogP contribution is -2.63. The van der Waals surface area contributed by atoms with E-state index in [1.54, 1.807) is 12.3 Å². The van der Waals surface area contributed by atoms with Gasteiger partial charge >= 0.3 is 0 Å². The first-order chi connectivity index (χ1) is 10.1. The molecule has 0 aromatic carbocycles. The number of piperidine rings is 1. The predicted octanol–water partition coefficient (Wildman–Crippen LogP) is 1.74. The molecule has 0 unspecified atom stereocenters. The number of aromatic nitrogens is 1. The Hall–Kier alpha value is -1.91. The van der Waals surface area contributed by atoms with Crippen LogP contribution in [0, 0.1) is 0 Å². The number of fused-ring (bicyclic) bond motifs is 1. The summed E-state index contributed by atoms with van der Waals surface area (Å²) in [6.45, 7) is 2.81. The molecule has 0 bridgehead atoms. The maximum Gasteiger partial charge on any atom is 0.272 e. The second kappa shape index (κ2) is 5.47. The van der Waals surface area contributed by atoms with E-state index < -0.39 is 0 Å². The molecule has 1 aromatic rings. The minimum atomic E-state index is -0.309. The van der Waals surface area contributed by atoms with Gasteiger partial charge in [-0.05, 0) is 44.7 Å². The second-order valence-corrected chi connectivity index (χ2v) is 6.19. The van der Waals surface area contributed by atoms with E-state index in [0.29, 0.717) is 12.1 Å². The smallest absolute Gasteiger partial charge is 0.272 e. The zero-order chi connectivity index (χ0) is 14.9. The van der Waals surface area contributed by atoms with E-state index in [1.807, 2.05) is 17.0 Å². The summed E-state index contributed by atoms with van der Waals surface area (Å²) in [5, 5.41) is 3.14. The van der Waals surface area contributed by atoms with Gasteiger partial charge in [-0.2, -0.15) is 0 Å². The van der Waals surface area contributed by atoms with Gasteiger partial charge in [0.2, 0.25) is 5.91 Å². The predicted molar refractivity (Wildman–Crippen MR) is 78.7 cm³/mol. The third-order valence-corrected chi connectivity index (χ3v) is 4.66. The average Bonchev–Trinajstić information content (AvgIpc) is 2.64. The Morgan fingerprint density at radius 2 is 2.29 bits per heavy atom. The molecule has 1 aromatic heterocycles. The maximum atomic E-state index is 12.7. The van der Waals surface area contributed by atoms with Gasteiger partial charge in [-0.1, -0.05) is 6.07 Å². The van der Waals surface area contributed by atoms with Crippen LogP contribution in [0.3, 0.4) is 0 Å². The summed E-state index contributed by atoms with van der Waals surface area (Å²) in [5.41, 5.74) is 0.174. The first-order valence-corrected chi connectivity index (χ1v) is 7.63. The highest BCUT2D eigenvalue weighted by atomic mass is 16.2. The second-order valence-electron chi connectivity index (χ2n) is 6.19. The van der Waals surface area contributed by atoms with Gasteiger partial charge in [0.1, 0.15) is 5.69 Å². The summed E-state index contributed by atoms with van der Waals surface area (Å²) >= 11 is 0. The summed E-state index contributed by atoms with van der Waals surface area (Å²) in [7, 11) is 0. The Morgan fingerprint density at radius 3 is 3.05 bits per heavy atom. The van der Waals surface area contributed by atoms with Crippen molar-refractivity contribution in [3.63, 3.8) is 0 Å². The highest BCUT2D eigenvalue weighted by molar-refractivity contribution is 5.92. The normalized spacial score (nSPS) is 29.3. The van der Waals surface area contributed by atoms with Crippen molar-refractivity contribution in [1.82, 2.24) is 15.2 Å². The molecule has 3 rings (SSSR count). The van der Waals surface area contributed by atoms with E-state index in [2.05, 4.69) is 17.2 Å². The van der Waals surface area contributed by atoms with Crippen molar-refractivity contribution in [3.05, 3.63) is 30.1 Å². The van der Waals surface area contributed by atoms with E-state index in [1.165, 1.54) is 0 Å². The van der Waals surface area contributed by atoms with Gasteiger partial charge < -0.3 is 10.2 Å². The van der Waals surface area contributed by atoms with Crippen LogP contribution < -0.4 is 5.32 Å². The van der Waals surface area contributed by atoms with Gasteiger partial charge in [-0.3, -0.25) is 14.6 Å². The summed E-state index contributed by atoms with van der Waals surface area (Å²) in [6.07, 6.45) is 5.73. The summed E-state index contributed by atoms with van der Waals surface area (Å²) in [5.74, 6) is 0.0785. The minimum Gasteiger partial charge on any atom is -0.349 e. The molecule has 21 heavy (non-hydrogen) atoms. The molecule has 1 N–H and O–H groups in total. The molecule has 5 heteroatoms. The van der Waals surface area contributed by atoms with Crippen molar-refractivity contribution in [3.8, 4) is 0 Å². The topological polar surface area (TPSA) is 62.3 Å². The Kier molecular flexibility index (Phi) is 3.66. The lowest BCUT2D eigenvalue weighted by molar-refractivity contribution is -0.123. The lowest BCUT2D eigenvalue weighted by atomic mass is 9.81. The molecule has 2 atom stereocenters. The van der Waals surface area contributed by atoms with Crippen LogP contribution in [-0.2, 0) is 4.79 Å². The fourth-order valence-corrected chi connectivity index (χ4v) is 3.62. The number of rotatable bonds is 1. The maximum absolute atomic E-state index is 12.7. The van der Waals surface area contributed by atoms with Gasteiger partial charge in [-0.15, -0.1) is 0 Å². The Bertz CT molecular complexity index is 546. The highest BCUT2D eigenvalue weighted by Gasteiger charge is 2.45. The SMILES string of the molecule is C[C@]12CCCN(C(=O)c3ccccn3)[C@H]1CCCC(=O)N2. The fraction of sp³-hybridized carbons (Fsp3) is 0.562. The third kappa shape index (κ3) is 2.64. The Balaban J connectivity index is 1.88. The number of hydrogen-bond acceptors (Lipinski definition) is 3. The molecule has 2 aliphatic rings. The molecule has 2 aliphatic heterocycles. The van der Waals surface area contributed by atoms with Crippen molar-refractivity contribution in [2.24, 2.45) is 0 Å². The fourth-order valence-electron chi connectivity index (χ4n) is 3.62. The van der Waals surface area contributed by atoms with Gasteiger partial charge in [0.25, 0.3) is 5.91 Å². The number of carbonyl (C=O) groups is 2. The van der Waals surface area contributed by atoms with Crippen molar-refractivity contribution < 1.29 is 9.59 Å². The molecule has 0 spiro atoms. The molecule has 0 saturated carbocycles. The summed E-state index contributed by atoms with van der Waals surface area (Å²) in [6, 6.07) is 5.46. The molecule has 3 heterocycles. The summed E-state index contributed by atoms with van der Waals surface area (Å²) in [4.78, 5) is 30.7.